The van der Waals surface area contributed by atoms with Crippen LogP contribution in [0.15, 0.2) is 91.3 Å². The molecule has 2 aromatic heterocycles. The lowest BCUT2D eigenvalue weighted by atomic mass is 9.93. The largest absolute Gasteiger partial charge is 0.496 e. The van der Waals surface area contributed by atoms with E-state index in [1.807, 2.05) is 0 Å². The van der Waals surface area contributed by atoms with E-state index in [-0.39, 0.29) is 33.8 Å². The van der Waals surface area contributed by atoms with Gasteiger partial charge in [0.1, 0.15) is 47.1 Å². The van der Waals surface area contributed by atoms with Crippen LogP contribution in [0.4, 0.5) is 0 Å². The van der Waals surface area contributed by atoms with Crippen molar-refractivity contribution in [1.29, 1.82) is 0 Å². The van der Waals surface area contributed by atoms with Crippen LogP contribution in [0.25, 0.3) is 21.9 Å². The summed E-state index contributed by atoms with van der Waals surface area (Å²) in [5, 5.41) is 23.9. The molecule has 0 fully saturated rings. The van der Waals surface area contributed by atoms with Gasteiger partial charge in [0.2, 0.25) is 0 Å². The first-order chi connectivity index (χ1) is 18.6. The number of rotatable bonds is 10. The third-order valence-electron chi connectivity index (χ3n) is 6.46. The summed E-state index contributed by atoms with van der Waals surface area (Å²) in [5.74, 6) is 0.532. The average molecular weight is 535 g/mol. The zero-order valence-corrected chi connectivity index (χ0v) is 22.1. The van der Waals surface area contributed by atoms with E-state index in [1.54, 1.807) is 50.2 Å². The molecule has 2 N–H and O–H groups in total. The third kappa shape index (κ3) is 5.37. The molecule has 9 heteroatoms. The van der Waals surface area contributed by atoms with Crippen LogP contribution in [-0.2, 0) is 4.74 Å². The molecule has 9 nitrogen and oxygen atoms in total. The monoisotopic (exact) mass is 534 g/mol. The van der Waals surface area contributed by atoms with E-state index in [2.05, 4.69) is 13.2 Å². The van der Waals surface area contributed by atoms with Crippen LogP contribution in [-0.4, -0.2) is 36.6 Å². The summed E-state index contributed by atoms with van der Waals surface area (Å²) in [6.07, 6.45) is -5.24. The Bertz CT molecular complexity index is 1540. The highest BCUT2D eigenvalue weighted by Gasteiger charge is 2.37. The topological polar surface area (TPSA) is 129 Å². The molecular formula is C30H30O9. The van der Waals surface area contributed by atoms with Gasteiger partial charge in [-0.1, -0.05) is 13.2 Å². The lowest BCUT2D eigenvalue weighted by molar-refractivity contribution is -0.105. The maximum Gasteiger partial charge on any atom is 0.336 e. The molecule has 39 heavy (non-hydrogen) atoms. The van der Waals surface area contributed by atoms with Crippen molar-refractivity contribution in [2.24, 2.45) is 0 Å². The number of methoxy groups -OCH3 is 2. The predicted octanol–water partition coefficient (Wildman–Crippen LogP) is 4.59. The van der Waals surface area contributed by atoms with Crippen LogP contribution in [0, 0.1) is 0 Å². The van der Waals surface area contributed by atoms with E-state index in [0.29, 0.717) is 21.9 Å². The fourth-order valence-electron chi connectivity index (χ4n) is 4.44. The van der Waals surface area contributed by atoms with Gasteiger partial charge in [-0.15, -0.1) is 0 Å². The number of aliphatic hydroxyl groups is 2. The van der Waals surface area contributed by atoms with E-state index < -0.39 is 35.7 Å². The van der Waals surface area contributed by atoms with Gasteiger partial charge in [-0.25, -0.2) is 9.59 Å². The van der Waals surface area contributed by atoms with Crippen LogP contribution in [0.3, 0.4) is 0 Å². The smallest absolute Gasteiger partial charge is 0.336 e. The van der Waals surface area contributed by atoms with Gasteiger partial charge in [-0.2, -0.15) is 0 Å². The molecule has 4 aromatic rings. The molecule has 0 saturated heterocycles. The highest BCUT2D eigenvalue weighted by Crippen LogP contribution is 2.44. The molecule has 204 valence electrons. The molecule has 0 spiro atoms. The van der Waals surface area contributed by atoms with Crippen molar-refractivity contribution < 1.29 is 33.3 Å². The van der Waals surface area contributed by atoms with Crippen LogP contribution < -0.4 is 20.7 Å². The lowest BCUT2D eigenvalue weighted by Gasteiger charge is -2.33. The maximum atomic E-state index is 12.2. The Balaban J connectivity index is 2.04. The lowest BCUT2D eigenvalue weighted by Crippen LogP contribution is -2.30. The van der Waals surface area contributed by atoms with Crippen LogP contribution in [0.5, 0.6) is 11.5 Å². The molecule has 0 aliphatic rings. The predicted molar refractivity (Wildman–Crippen MR) is 146 cm³/mol. The van der Waals surface area contributed by atoms with Gasteiger partial charge in [0.25, 0.3) is 0 Å². The first kappa shape index (κ1) is 27.8. The number of benzene rings is 2. The van der Waals surface area contributed by atoms with Crippen molar-refractivity contribution in [2.75, 3.05) is 14.2 Å². The quantitative estimate of drug-likeness (QED) is 0.222. The van der Waals surface area contributed by atoms with Crippen molar-refractivity contribution in [3.05, 3.63) is 105 Å². The summed E-state index contributed by atoms with van der Waals surface area (Å²) >= 11 is 0. The van der Waals surface area contributed by atoms with E-state index in [9.17, 15) is 19.8 Å². The Hall–Kier alpha value is -4.18. The van der Waals surface area contributed by atoms with Crippen molar-refractivity contribution in [2.45, 2.75) is 38.3 Å². The van der Waals surface area contributed by atoms with Crippen molar-refractivity contribution in [1.82, 2.24) is 0 Å². The van der Waals surface area contributed by atoms with E-state index in [4.69, 9.17) is 23.0 Å². The summed E-state index contributed by atoms with van der Waals surface area (Å²) in [4.78, 5) is 24.5. The molecular weight excluding hydrogens is 504 g/mol. The van der Waals surface area contributed by atoms with Crippen molar-refractivity contribution >= 4 is 21.9 Å². The first-order valence-electron chi connectivity index (χ1n) is 12.1. The number of hydrogen-bond acceptors (Lipinski definition) is 9. The van der Waals surface area contributed by atoms with Gasteiger partial charge in [0.15, 0.2) is 0 Å². The summed E-state index contributed by atoms with van der Waals surface area (Å²) in [6.45, 7) is 11.0. The first-order valence-corrected chi connectivity index (χ1v) is 12.1. The Kier molecular flexibility index (Phi) is 8.06. The number of aliphatic hydroxyl groups excluding tert-OH is 2. The second-order valence-corrected chi connectivity index (χ2v) is 9.27. The van der Waals surface area contributed by atoms with Crippen molar-refractivity contribution in [3.63, 3.8) is 0 Å². The third-order valence-corrected chi connectivity index (χ3v) is 6.46. The SMILES string of the molecule is C=C(C)C(O)C(OC(c1c(OC)ccc2ccc(=O)oc12)C(O)C(=C)C)c1c(OC)ccc2ccc(=O)oc12. The van der Waals surface area contributed by atoms with Gasteiger partial charge in [-0.3, -0.25) is 0 Å². The Morgan fingerprint density at radius 2 is 1.05 bits per heavy atom. The van der Waals surface area contributed by atoms with E-state index in [1.165, 1.54) is 26.4 Å². The van der Waals surface area contributed by atoms with Gasteiger partial charge in [0, 0.05) is 22.9 Å². The molecule has 0 saturated carbocycles. The van der Waals surface area contributed by atoms with Gasteiger partial charge >= 0.3 is 11.3 Å². The number of ether oxygens (including phenoxy) is 3. The fourth-order valence-corrected chi connectivity index (χ4v) is 4.44. The van der Waals surface area contributed by atoms with Crippen molar-refractivity contribution in [3.8, 4) is 11.5 Å². The Morgan fingerprint density at radius 1 is 0.692 bits per heavy atom. The van der Waals surface area contributed by atoms with Crippen LogP contribution >= 0.6 is 0 Å². The molecule has 4 rings (SSSR count). The second kappa shape index (κ2) is 11.3. The minimum absolute atomic E-state index is 0.132. The molecule has 0 radical (unpaired) electrons. The molecule has 2 heterocycles. The molecule has 4 atom stereocenters. The Labute approximate surface area is 224 Å². The minimum Gasteiger partial charge on any atom is -0.496 e. The molecule has 0 amide bonds. The zero-order valence-electron chi connectivity index (χ0n) is 22.1. The Morgan fingerprint density at radius 3 is 1.38 bits per heavy atom. The van der Waals surface area contributed by atoms with Crippen LogP contribution in [0.1, 0.15) is 37.2 Å². The summed E-state index contributed by atoms with van der Waals surface area (Å²) in [6, 6.07) is 12.4. The highest BCUT2D eigenvalue weighted by molar-refractivity contribution is 5.84. The summed E-state index contributed by atoms with van der Waals surface area (Å²) in [7, 11) is 2.86. The summed E-state index contributed by atoms with van der Waals surface area (Å²) < 4.78 is 28.8. The van der Waals surface area contributed by atoms with Gasteiger partial charge in [-0.05, 0) is 61.4 Å². The zero-order chi connectivity index (χ0) is 28.4. The highest BCUT2D eigenvalue weighted by atomic mass is 16.5. The fraction of sp³-hybridized carbons (Fsp3) is 0.267. The molecule has 0 bridgehead atoms. The van der Waals surface area contributed by atoms with E-state index in [0.717, 1.165) is 0 Å². The van der Waals surface area contributed by atoms with Gasteiger partial charge in [0.05, 0.1) is 25.3 Å². The molecule has 4 unspecified atom stereocenters. The summed E-state index contributed by atoms with van der Waals surface area (Å²) in [5.41, 5.74) is 0.146. The molecule has 0 aliphatic heterocycles. The molecule has 0 aliphatic carbocycles. The minimum atomic E-state index is -1.34. The standard InChI is InChI=1S/C30H30O9/c1-15(2)25(33)29(23-19(35-5)11-7-17-9-13-21(31)37-27(17)23)39-30(26(34)16(3)4)24-20(36-6)12-8-18-10-14-22(32)38-28(18)24/h7-14,25-26,29-30,33-34H,1,3H2,2,4-6H3. The average Bonchev–Trinajstić information content (AvgIpc) is 2.92. The van der Waals surface area contributed by atoms with E-state index >= 15 is 0 Å². The van der Waals surface area contributed by atoms with Crippen LogP contribution in [0.2, 0.25) is 0 Å². The normalized spacial score (nSPS) is 14.5. The maximum absolute atomic E-state index is 12.2. The number of hydrogen-bond donors (Lipinski definition) is 2. The molecule has 2 aromatic carbocycles. The van der Waals surface area contributed by atoms with Gasteiger partial charge < -0.3 is 33.3 Å². The second-order valence-electron chi connectivity index (χ2n) is 9.27. The number of fused-ring (bicyclic) bond motifs is 2.